The first-order valence-electron chi connectivity index (χ1n) is 8.67. The number of benzene rings is 2. The predicted octanol–water partition coefficient (Wildman–Crippen LogP) is 4.75. The van der Waals surface area contributed by atoms with Crippen LogP contribution in [0.25, 0.3) is 0 Å². The fraction of sp³-hybridized carbons (Fsp3) is 0.381. The first kappa shape index (κ1) is 15.8. The summed E-state index contributed by atoms with van der Waals surface area (Å²) in [4.78, 5) is 12.7. The Morgan fingerprint density at radius 3 is 2.57 bits per heavy atom. The molecule has 0 heterocycles. The molecule has 0 saturated carbocycles. The van der Waals surface area contributed by atoms with Crippen molar-refractivity contribution in [3.8, 4) is 0 Å². The number of carbonyl (C=O) groups excluding carboxylic acids is 1. The summed E-state index contributed by atoms with van der Waals surface area (Å²) >= 11 is 0. The van der Waals surface area contributed by atoms with Gasteiger partial charge in [-0.05, 0) is 73.4 Å². The van der Waals surface area contributed by atoms with Crippen LogP contribution in [0.2, 0.25) is 0 Å². The maximum absolute atomic E-state index is 12.7. The number of hydrogen-bond donors (Lipinski definition) is 1. The van der Waals surface area contributed by atoms with E-state index in [0.29, 0.717) is 0 Å². The molecular weight excluding hydrogens is 282 g/mol. The topological polar surface area (TPSA) is 29.1 Å². The second kappa shape index (κ2) is 6.99. The number of fused-ring (bicyclic) bond motifs is 1. The zero-order chi connectivity index (χ0) is 16.2. The molecule has 1 atom stereocenters. The summed E-state index contributed by atoms with van der Waals surface area (Å²) in [7, 11) is 0. The first-order valence-corrected chi connectivity index (χ1v) is 8.67. The lowest BCUT2D eigenvalue weighted by Gasteiger charge is -2.21. The quantitative estimate of drug-likeness (QED) is 0.867. The first-order chi connectivity index (χ1) is 11.2. The van der Waals surface area contributed by atoms with E-state index in [2.05, 4.69) is 43.4 Å². The van der Waals surface area contributed by atoms with Crippen molar-refractivity contribution in [1.29, 1.82) is 0 Å². The third-order valence-electron chi connectivity index (χ3n) is 4.89. The van der Waals surface area contributed by atoms with Crippen molar-refractivity contribution in [3.05, 3.63) is 70.3 Å². The fourth-order valence-electron chi connectivity index (χ4n) is 3.49. The Kier molecular flexibility index (Phi) is 4.80. The highest BCUT2D eigenvalue weighted by atomic mass is 16.1. The monoisotopic (exact) mass is 307 g/mol. The average Bonchev–Trinajstić information content (AvgIpc) is 2.59. The molecule has 0 aromatic heterocycles. The number of amides is 1. The Morgan fingerprint density at radius 1 is 1.09 bits per heavy atom. The lowest BCUT2D eigenvalue weighted by Crippen LogP contribution is -2.28. The fourth-order valence-corrected chi connectivity index (χ4v) is 3.49. The van der Waals surface area contributed by atoms with Crippen molar-refractivity contribution in [2.24, 2.45) is 0 Å². The van der Waals surface area contributed by atoms with Gasteiger partial charge in [-0.1, -0.05) is 37.3 Å². The Bertz CT molecular complexity index is 705. The summed E-state index contributed by atoms with van der Waals surface area (Å²) in [5.74, 6) is 0.0356. The van der Waals surface area contributed by atoms with Gasteiger partial charge in [-0.3, -0.25) is 4.79 Å². The summed E-state index contributed by atoms with van der Waals surface area (Å²) in [6, 6.07) is 14.6. The molecule has 2 aromatic rings. The molecule has 2 nitrogen and oxygen atoms in total. The Labute approximate surface area is 138 Å². The van der Waals surface area contributed by atoms with E-state index in [9.17, 15) is 4.79 Å². The zero-order valence-corrected chi connectivity index (χ0v) is 14.1. The molecule has 0 unspecified atom stereocenters. The zero-order valence-electron chi connectivity index (χ0n) is 14.1. The van der Waals surface area contributed by atoms with Crippen LogP contribution in [0.15, 0.2) is 42.5 Å². The average molecular weight is 307 g/mol. The van der Waals surface area contributed by atoms with E-state index < -0.39 is 0 Å². The largest absolute Gasteiger partial charge is 0.345 e. The molecule has 1 amide bonds. The molecule has 1 aliphatic rings. The van der Waals surface area contributed by atoms with Crippen LogP contribution >= 0.6 is 0 Å². The Hall–Kier alpha value is -2.09. The minimum Gasteiger partial charge on any atom is -0.345 e. The van der Waals surface area contributed by atoms with Gasteiger partial charge in [0.25, 0.3) is 5.91 Å². The Morgan fingerprint density at radius 2 is 1.83 bits per heavy atom. The van der Waals surface area contributed by atoms with Crippen molar-refractivity contribution < 1.29 is 4.79 Å². The molecule has 0 radical (unpaired) electrons. The van der Waals surface area contributed by atoms with Gasteiger partial charge in [0.15, 0.2) is 0 Å². The minimum atomic E-state index is 0.0356. The van der Waals surface area contributed by atoms with Gasteiger partial charge in [-0.25, -0.2) is 0 Å². The van der Waals surface area contributed by atoms with Gasteiger partial charge in [0, 0.05) is 5.56 Å². The van der Waals surface area contributed by atoms with E-state index in [1.165, 1.54) is 35.1 Å². The highest BCUT2D eigenvalue weighted by Gasteiger charge is 2.17. The third-order valence-corrected chi connectivity index (χ3v) is 4.89. The molecule has 0 saturated heterocycles. The number of aryl methyl sites for hydroxylation is 3. The lowest BCUT2D eigenvalue weighted by molar-refractivity contribution is 0.0935. The number of rotatable bonds is 4. The van der Waals surface area contributed by atoms with Gasteiger partial charge >= 0.3 is 0 Å². The van der Waals surface area contributed by atoms with Gasteiger partial charge in [0.2, 0.25) is 0 Å². The van der Waals surface area contributed by atoms with Crippen LogP contribution in [-0.4, -0.2) is 5.91 Å². The predicted molar refractivity (Wildman–Crippen MR) is 94.8 cm³/mol. The van der Waals surface area contributed by atoms with Crippen LogP contribution in [-0.2, 0) is 12.8 Å². The summed E-state index contributed by atoms with van der Waals surface area (Å²) in [6.45, 7) is 4.22. The van der Waals surface area contributed by atoms with Crippen molar-refractivity contribution in [3.63, 3.8) is 0 Å². The van der Waals surface area contributed by atoms with E-state index in [1.807, 2.05) is 18.2 Å². The van der Waals surface area contributed by atoms with Gasteiger partial charge < -0.3 is 5.32 Å². The van der Waals surface area contributed by atoms with Crippen molar-refractivity contribution >= 4 is 5.91 Å². The molecule has 23 heavy (non-hydrogen) atoms. The van der Waals surface area contributed by atoms with Crippen LogP contribution in [0.4, 0.5) is 0 Å². The standard InChI is InChI=1S/C21H25NO/c1-3-20(19-11-7-4-8-15(19)2)22-21(23)18-13-12-16-9-5-6-10-17(16)14-18/h4,7-8,11-14,20H,3,5-6,9-10H2,1-2H3,(H,22,23)/t20-/m1/s1. The second-order valence-corrected chi connectivity index (χ2v) is 6.48. The molecule has 1 aliphatic carbocycles. The summed E-state index contributed by atoms with van der Waals surface area (Å²) in [6.07, 6.45) is 5.65. The van der Waals surface area contributed by atoms with Gasteiger partial charge in [-0.2, -0.15) is 0 Å². The molecule has 0 spiro atoms. The van der Waals surface area contributed by atoms with Gasteiger partial charge in [-0.15, -0.1) is 0 Å². The van der Waals surface area contributed by atoms with Crippen LogP contribution in [0.5, 0.6) is 0 Å². The highest BCUT2D eigenvalue weighted by molar-refractivity contribution is 5.94. The van der Waals surface area contributed by atoms with E-state index in [0.717, 1.165) is 24.8 Å². The maximum Gasteiger partial charge on any atom is 0.251 e. The molecule has 0 bridgehead atoms. The molecular formula is C21H25NO. The molecule has 0 aliphatic heterocycles. The normalized spacial score (nSPS) is 14.9. The SMILES string of the molecule is CC[C@@H](NC(=O)c1ccc2c(c1)CCCC2)c1ccccc1C. The summed E-state index contributed by atoms with van der Waals surface area (Å²) in [5, 5.41) is 3.21. The van der Waals surface area contributed by atoms with Crippen molar-refractivity contribution in [2.75, 3.05) is 0 Å². The molecule has 120 valence electrons. The van der Waals surface area contributed by atoms with Crippen LogP contribution < -0.4 is 5.32 Å². The highest BCUT2D eigenvalue weighted by Crippen LogP contribution is 2.24. The van der Waals surface area contributed by atoms with E-state index in [1.54, 1.807) is 0 Å². The van der Waals surface area contributed by atoms with Gasteiger partial charge in [0.05, 0.1) is 6.04 Å². The smallest absolute Gasteiger partial charge is 0.251 e. The maximum atomic E-state index is 12.7. The third kappa shape index (κ3) is 3.47. The van der Waals surface area contributed by atoms with Crippen LogP contribution in [0.1, 0.15) is 64.8 Å². The summed E-state index contributed by atoms with van der Waals surface area (Å²) < 4.78 is 0. The van der Waals surface area contributed by atoms with Gasteiger partial charge in [0.1, 0.15) is 0 Å². The van der Waals surface area contributed by atoms with E-state index in [4.69, 9.17) is 0 Å². The molecule has 0 fully saturated rings. The van der Waals surface area contributed by atoms with Crippen LogP contribution in [0, 0.1) is 6.92 Å². The molecule has 1 N–H and O–H groups in total. The van der Waals surface area contributed by atoms with Crippen molar-refractivity contribution in [1.82, 2.24) is 5.32 Å². The number of carbonyl (C=O) groups is 1. The molecule has 2 aromatic carbocycles. The Balaban J connectivity index is 1.79. The number of nitrogens with one attached hydrogen (secondary N) is 1. The van der Waals surface area contributed by atoms with E-state index >= 15 is 0 Å². The minimum absolute atomic E-state index is 0.0356. The second-order valence-electron chi connectivity index (χ2n) is 6.48. The van der Waals surface area contributed by atoms with Crippen LogP contribution in [0.3, 0.4) is 0 Å². The molecule has 3 rings (SSSR count). The molecule has 2 heteroatoms. The van der Waals surface area contributed by atoms with Crippen molar-refractivity contribution in [2.45, 2.75) is 52.0 Å². The lowest BCUT2D eigenvalue weighted by atomic mass is 9.90. The van der Waals surface area contributed by atoms with E-state index in [-0.39, 0.29) is 11.9 Å². The number of hydrogen-bond acceptors (Lipinski definition) is 1. The summed E-state index contributed by atoms with van der Waals surface area (Å²) in [5.41, 5.74) is 6.00.